The minimum Gasteiger partial charge on any atom is -0.356 e. The lowest BCUT2D eigenvalue weighted by Crippen LogP contribution is -2.76. The minimum absolute atomic E-state index is 0.153. The van der Waals surface area contributed by atoms with E-state index in [1.165, 1.54) is 57.8 Å². The molecule has 5 unspecified atom stereocenters. The normalized spacial score (nSPS) is 44.6. The summed E-state index contributed by atoms with van der Waals surface area (Å²) in [6.07, 6.45) is 17.7. The molecule has 7 atom stereocenters. The molecule has 0 spiro atoms. The van der Waals surface area contributed by atoms with Gasteiger partial charge in [-0.15, -0.1) is 0 Å². The summed E-state index contributed by atoms with van der Waals surface area (Å²) in [6, 6.07) is 1.000. The fraction of sp³-hybridized carbons (Fsp3) is 1.00. The smallest absolute Gasteiger partial charge is 0.217 e. The number of sulfonamides is 1. The Labute approximate surface area is 216 Å². The van der Waals surface area contributed by atoms with Crippen LogP contribution in [0.3, 0.4) is 0 Å². The number of hydrogen-bond acceptors (Lipinski definition) is 3. The second-order valence-electron chi connectivity index (χ2n) is 13.4. The Kier molecular flexibility index (Phi) is 8.53. The zero-order chi connectivity index (χ0) is 24.6. The number of hydrogen-bond donors (Lipinski definition) is 1. The average molecular weight is 509 g/mol. The Balaban J connectivity index is 1.26. The van der Waals surface area contributed by atoms with Crippen molar-refractivity contribution >= 4 is 10.0 Å². The predicted molar refractivity (Wildman–Crippen MR) is 143 cm³/mol. The first-order chi connectivity index (χ1) is 16.9. The second-order valence-corrected chi connectivity index (χ2v) is 15.5. The standard InChI is InChI=1S/C29H53N3O2S/c1-21-8-7-10-25(18-21)23-12-14-24(15-13-23)29-26(19-30)32-17-6-5-16-31(20-27(29)32)35(33,34)28-11-4-3-9-22(28)2/h21-29H,3-20,30H2,1-2H3/p+1/t21?,22?,23?,24?,25?,26-,27?,28?,29-/m1/s1. The molecule has 2 aliphatic heterocycles. The van der Waals surface area contributed by atoms with Gasteiger partial charge < -0.3 is 5.73 Å². The molecule has 0 amide bonds. The molecule has 3 saturated carbocycles. The van der Waals surface area contributed by atoms with Gasteiger partial charge in [0.1, 0.15) is 0 Å². The third kappa shape index (κ3) is 5.38. The molecule has 5 nitrogen and oxygen atoms in total. The molecule has 5 aliphatic rings. The van der Waals surface area contributed by atoms with Crippen molar-refractivity contribution in [3.8, 4) is 0 Å². The van der Waals surface area contributed by atoms with Crippen LogP contribution in [0.25, 0.3) is 0 Å². The van der Waals surface area contributed by atoms with Gasteiger partial charge in [-0.2, -0.15) is 0 Å². The van der Waals surface area contributed by atoms with Crippen molar-refractivity contribution in [2.45, 2.75) is 121 Å². The first kappa shape index (κ1) is 26.4. The van der Waals surface area contributed by atoms with Gasteiger partial charge in [-0.3, -0.25) is 4.90 Å². The number of nitrogens with zero attached hydrogens (tertiary/aromatic N) is 2. The summed E-state index contributed by atoms with van der Waals surface area (Å²) >= 11 is 0. The van der Waals surface area contributed by atoms with Crippen molar-refractivity contribution in [2.75, 3.05) is 26.2 Å². The average Bonchev–Trinajstić information content (AvgIpc) is 2.83. The maximum absolute atomic E-state index is 13.9. The lowest BCUT2D eigenvalue weighted by atomic mass is 9.62. The summed E-state index contributed by atoms with van der Waals surface area (Å²) in [6.45, 7) is 8.24. The van der Waals surface area contributed by atoms with Crippen molar-refractivity contribution in [3.63, 3.8) is 0 Å². The van der Waals surface area contributed by atoms with E-state index >= 15 is 0 Å². The summed E-state index contributed by atoms with van der Waals surface area (Å²) in [5.41, 5.74) is 4.37. The molecule has 0 radical (unpaired) electrons. The molecule has 0 aromatic heterocycles. The van der Waals surface area contributed by atoms with Gasteiger partial charge in [-0.05, 0) is 99.8 Å². The molecule has 3 N–H and O–H groups in total. The Morgan fingerprint density at radius 1 is 0.771 bits per heavy atom. The molecule has 6 heteroatoms. The van der Waals surface area contributed by atoms with Crippen LogP contribution in [0.15, 0.2) is 0 Å². The van der Waals surface area contributed by atoms with Gasteiger partial charge in [0.05, 0.1) is 17.8 Å². The molecule has 0 aromatic carbocycles. The van der Waals surface area contributed by atoms with Crippen LogP contribution in [-0.2, 0) is 10.0 Å². The van der Waals surface area contributed by atoms with Gasteiger partial charge in [0, 0.05) is 19.1 Å². The van der Waals surface area contributed by atoms with Crippen molar-refractivity contribution < 1.29 is 14.2 Å². The molecule has 202 valence electrons. The monoisotopic (exact) mass is 508 g/mol. The van der Waals surface area contributed by atoms with Crippen LogP contribution in [0.2, 0.25) is 0 Å². The van der Waals surface area contributed by atoms with Gasteiger partial charge in [-0.25, -0.2) is 12.7 Å². The second kappa shape index (κ2) is 11.3. The Hall–Kier alpha value is -0.170. The van der Waals surface area contributed by atoms with Crippen LogP contribution in [0.4, 0.5) is 0 Å². The van der Waals surface area contributed by atoms with Crippen LogP contribution in [-0.4, -0.2) is 61.1 Å². The molecule has 3 aliphatic carbocycles. The third-order valence-corrected chi connectivity index (χ3v) is 13.8. The van der Waals surface area contributed by atoms with E-state index in [9.17, 15) is 8.42 Å². The SMILES string of the molecule is CC1CCCC(C2CCC([C@H]3C4CN(S(=O)(=O)C5CCCCC5C)CCCCN4[C@@H]3C[NH3+])CC2)C1. The van der Waals surface area contributed by atoms with Crippen LogP contribution in [0.5, 0.6) is 0 Å². The van der Waals surface area contributed by atoms with E-state index in [0.29, 0.717) is 23.9 Å². The zero-order valence-corrected chi connectivity index (χ0v) is 23.6. The van der Waals surface area contributed by atoms with Gasteiger partial charge >= 0.3 is 0 Å². The molecular weight excluding hydrogens is 454 g/mol. The molecule has 0 aromatic rings. The topological polar surface area (TPSA) is 68.3 Å². The maximum Gasteiger partial charge on any atom is 0.217 e. The van der Waals surface area contributed by atoms with Gasteiger partial charge in [0.2, 0.25) is 10.0 Å². The lowest BCUT2D eigenvalue weighted by Gasteiger charge is -2.59. The van der Waals surface area contributed by atoms with Crippen molar-refractivity contribution in [1.29, 1.82) is 0 Å². The van der Waals surface area contributed by atoms with Crippen LogP contribution in [0.1, 0.15) is 104 Å². The first-order valence-corrected chi connectivity index (χ1v) is 16.9. The number of rotatable bonds is 5. The quantitative estimate of drug-likeness (QED) is 0.593. The molecule has 0 bridgehead atoms. The van der Waals surface area contributed by atoms with Crippen LogP contribution in [0, 0.1) is 35.5 Å². The van der Waals surface area contributed by atoms with Crippen LogP contribution < -0.4 is 5.73 Å². The summed E-state index contributed by atoms with van der Waals surface area (Å²) in [4.78, 5) is 2.68. The molecule has 5 rings (SSSR count). The highest BCUT2D eigenvalue weighted by atomic mass is 32.2. The molecule has 2 saturated heterocycles. The van der Waals surface area contributed by atoms with Gasteiger partial charge in [0.15, 0.2) is 0 Å². The molecular formula is C29H54N3O2S+. The third-order valence-electron chi connectivity index (χ3n) is 11.3. The maximum atomic E-state index is 13.9. The van der Waals surface area contributed by atoms with Crippen molar-refractivity contribution in [3.05, 3.63) is 0 Å². The highest BCUT2D eigenvalue weighted by Gasteiger charge is 2.54. The van der Waals surface area contributed by atoms with E-state index in [1.54, 1.807) is 0 Å². The van der Waals surface area contributed by atoms with E-state index in [-0.39, 0.29) is 5.25 Å². The minimum atomic E-state index is -3.21. The molecule has 35 heavy (non-hydrogen) atoms. The highest BCUT2D eigenvalue weighted by Crippen LogP contribution is 2.48. The van der Waals surface area contributed by atoms with E-state index in [4.69, 9.17) is 0 Å². The van der Waals surface area contributed by atoms with E-state index < -0.39 is 10.0 Å². The van der Waals surface area contributed by atoms with Crippen molar-refractivity contribution in [2.24, 2.45) is 35.5 Å². The fourth-order valence-corrected chi connectivity index (χ4v) is 11.6. The summed E-state index contributed by atoms with van der Waals surface area (Å²) in [5.74, 6) is 4.58. The predicted octanol–water partition coefficient (Wildman–Crippen LogP) is 4.53. The lowest BCUT2D eigenvalue weighted by molar-refractivity contribution is -0.394. The summed E-state index contributed by atoms with van der Waals surface area (Å²) in [7, 11) is -3.21. The first-order valence-electron chi connectivity index (χ1n) is 15.4. The van der Waals surface area contributed by atoms with Gasteiger partial charge in [0.25, 0.3) is 0 Å². The fourth-order valence-electron chi connectivity index (χ4n) is 9.33. The zero-order valence-electron chi connectivity index (χ0n) is 22.8. The summed E-state index contributed by atoms with van der Waals surface area (Å²) < 4.78 is 29.7. The van der Waals surface area contributed by atoms with Crippen molar-refractivity contribution in [1.82, 2.24) is 9.21 Å². The molecule has 5 fully saturated rings. The van der Waals surface area contributed by atoms with Crippen LogP contribution >= 0.6 is 0 Å². The Morgan fingerprint density at radius 3 is 2.20 bits per heavy atom. The molecule has 2 heterocycles. The van der Waals surface area contributed by atoms with Gasteiger partial charge in [-0.1, -0.05) is 46.0 Å². The number of fused-ring (bicyclic) bond motifs is 1. The Morgan fingerprint density at radius 2 is 1.49 bits per heavy atom. The largest absolute Gasteiger partial charge is 0.356 e. The van der Waals surface area contributed by atoms with E-state index in [0.717, 1.165) is 82.0 Å². The highest BCUT2D eigenvalue weighted by molar-refractivity contribution is 7.89. The van der Waals surface area contributed by atoms with E-state index in [2.05, 4.69) is 24.5 Å². The van der Waals surface area contributed by atoms with E-state index in [1.807, 2.05) is 4.31 Å². The summed E-state index contributed by atoms with van der Waals surface area (Å²) in [5, 5.41) is -0.153. The number of quaternary nitrogens is 1. The Bertz CT molecular complexity index is 796.